The molecule has 0 bridgehead atoms. The van der Waals surface area contributed by atoms with Crippen LogP contribution in [0.2, 0.25) is 0 Å². The maximum atomic E-state index is 12.5. The fourth-order valence-corrected chi connectivity index (χ4v) is 3.28. The fraction of sp³-hybridized carbons (Fsp3) is 0.500. The van der Waals surface area contributed by atoms with Gasteiger partial charge in [-0.2, -0.15) is 0 Å². The Morgan fingerprint density at radius 2 is 1.92 bits per heavy atom. The molecule has 1 atom stereocenters. The van der Waals surface area contributed by atoms with Crippen LogP contribution in [0.3, 0.4) is 0 Å². The van der Waals surface area contributed by atoms with Crippen molar-refractivity contribution in [3.63, 3.8) is 0 Å². The largest absolute Gasteiger partial charge is 0.379 e. The predicted octanol–water partition coefficient (Wildman–Crippen LogP) is -0.341. The lowest BCUT2D eigenvalue weighted by atomic mass is 10.1. The summed E-state index contributed by atoms with van der Waals surface area (Å²) in [4.78, 5) is 40.6. The number of nitrogens with zero attached hydrogens (tertiary/aromatic N) is 2. The number of para-hydroxylation sites is 1. The Kier molecular flexibility index (Phi) is 5.85. The number of hydrogen-bond donors (Lipinski definition) is 2. The number of carbonyl (C=O) groups excluding carboxylic acids is 3. The standard InChI is InChI=1S/C18H24N4O4/c1-2-22-14-6-4-3-5-13(14)15(18(22)25)20-17(24)16(23)19-7-8-21-9-11-26-12-10-21/h3-6,15H,2,7-12H2,1H3,(H,19,23)(H,20,24)/t15-/m0/s1. The Hall–Kier alpha value is -2.45. The zero-order valence-electron chi connectivity index (χ0n) is 14.9. The molecule has 0 aliphatic carbocycles. The summed E-state index contributed by atoms with van der Waals surface area (Å²) in [7, 11) is 0. The number of nitrogens with one attached hydrogen (secondary N) is 2. The van der Waals surface area contributed by atoms with E-state index >= 15 is 0 Å². The second-order valence-corrected chi connectivity index (χ2v) is 6.26. The molecular formula is C18H24N4O4. The van der Waals surface area contributed by atoms with E-state index in [2.05, 4.69) is 15.5 Å². The van der Waals surface area contributed by atoms with Crippen molar-refractivity contribution in [1.82, 2.24) is 15.5 Å². The Bertz CT molecular complexity index is 688. The SMILES string of the molecule is CCN1C(=O)[C@@H](NC(=O)C(=O)NCCN2CCOCC2)c2ccccc21. The number of benzene rings is 1. The van der Waals surface area contributed by atoms with E-state index in [9.17, 15) is 14.4 Å². The average molecular weight is 360 g/mol. The van der Waals surface area contributed by atoms with E-state index in [1.165, 1.54) is 0 Å². The second-order valence-electron chi connectivity index (χ2n) is 6.26. The molecule has 0 unspecified atom stereocenters. The van der Waals surface area contributed by atoms with Gasteiger partial charge in [0.1, 0.15) is 6.04 Å². The van der Waals surface area contributed by atoms with Crippen LogP contribution in [0.1, 0.15) is 18.5 Å². The summed E-state index contributed by atoms with van der Waals surface area (Å²) in [6, 6.07) is 6.48. The quantitative estimate of drug-likeness (QED) is 0.701. The number of ether oxygens (including phenoxy) is 1. The highest BCUT2D eigenvalue weighted by molar-refractivity contribution is 6.35. The van der Waals surface area contributed by atoms with Crippen LogP contribution >= 0.6 is 0 Å². The Balaban J connectivity index is 1.54. The van der Waals surface area contributed by atoms with Crippen molar-refractivity contribution in [3.8, 4) is 0 Å². The van der Waals surface area contributed by atoms with Crippen LogP contribution in [0.5, 0.6) is 0 Å². The summed E-state index contributed by atoms with van der Waals surface area (Å²) < 4.78 is 5.27. The van der Waals surface area contributed by atoms with Gasteiger partial charge in [-0.3, -0.25) is 19.3 Å². The van der Waals surface area contributed by atoms with Gasteiger partial charge >= 0.3 is 11.8 Å². The van der Waals surface area contributed by atoms with Crippen molar-refractivity contribution in [2.24, 2.45) is 0 Å². The molecular weight excluding hydrogens is 336 g/mol. The molecule has 0 radical (unpaired) electrons. The maximum absolute atomic E-state index is 12.5. The third-order valence-electron chi connectivity index (χ3n) is 4.67. The number of hydrogen-bond acceptors (Lipinski definition) is 5. The summed E-state index contributed by atoms with van der Waals surface area (Å²) in [6.45, 7) is 6.44. The zero-order chi connectivity index (χ0) is 18.5. The van der Waals surface area contributed by atoms with E-state index < -0.39 is 17.9 Å². The molecule has 8 heteroatoms. The molecule has 2 N–H and O–H groups in total. The summed E-state index contributed by atoms with van der Waals surface area (Å²) in [5.41, 5.74) is 1.49. The number of amides is 3. The van der Waals surface area contributed by atoms with Crippen molar-refractivity contribution in [2.75, 3.05) is 50.8 Å². The molecule has 8 nitrogen and oxygen atoms in total. The molecule has 1 aromatic carbocycles. The number of anilines is 1. The minimum Gasteiger partial charge on any atom is -0.379 e. The molecule has 3 amide bonds. The smallest absolute Gasteiger partial charge is 0.310 e. The van der Waals surface area contributed by atoms with Gasteiger partial charge in [0.2, 0.25) is 0 Å². The molecule has 26 heavy (non-hydrogen) atoms. The van der Waals surface area contributed by atoms with Gasteiger partial charge in [-0.15, -0.1) is 0 Å². The first kappa shape index (κ1) is 18.3. The molecule has 1 saturated heterocycles. The van der Waals surface area contributed by atoms with Crippen molar-refractivity contribution >= 4 is 23.4 Å². The molecule has 1 fully saturated rings. The molecule has 3 rings (SSSR count). The number of rotatable bonds is 5. The van der Waals surface area contributed by atoms with E-state index in [4.69, 9.17) is 4.74 Å². The Morgan fingerprint density at radius 3 is 2.65 bits per heavy atom. The topological polar surface area (TPSA) is 91.0 Å². The number of morpholine rings is 1. The van der Waals surface area contributed by atoms with Crippen LogP contribution in [0, 0.1) is 0 Å². The molecule has 2 aliphatic heterocycles. The highest BCUT2D eigenvalue weighted by Crippen LogP contribution is 2.35. The van der Waals surface area contributed by atoms with Crippen LogP contribution in [-0.4, -0.2) is 68.6 Å². The van der Waals surface area contributed by atoms with E-state index in [1.54, 1.807) is 11.0 Å². The number of likely N-dealkylation sites (N-methyl/N-ethyl adjacent to an activating group) is 1. The lowest BCUT2D eigenvalue weighted by Crippen LogP contribution is -2.47. The highest BCUT2D eigenvalue weighted by Gasteiger charge is 2.37. The first-order valence-corrected chi connectivity index (χ1v) is 8.91. The summed E-state index contributed by atoms with van der Waals surface area (Å²) >= 11 is 0. The Morgan fingerprint density at radius 1 is 1.19 bits per heavy atom. The summed E-state index contributed by atoms with van der Waals surface area (Å²) in [5, 5.41) is 5.17. The number of carbonyl (C=O) groups is 3. The minimum absolute atomic E-state index is 0.219. The molecule has 2 heterocycles. The van der Waals surface area contributed by atoms with Gasteiger partial charge in [0.25, 0.3) is 5.91 Å². The zero-order valence-corrected chi connectivity index (χ0v) is 14.9. The van der Waals surface area contributed by atoms with Gasteiger partial charge in [-0.1, -0.05) is 18.2 Å². The lowest BCUT2D eigenvalue weighted by molar-refractivity contribution is -0.140. The van der Waals surface area contributed by atoms with Crippen LogP contribution in [-0.2, 0) is 19.1 Å². The van der Waals surface area contributed by atoms with Gasteiger partial charge in [0.15, 0.2) is 0 Å². The highest BCUT2D eigenvalue weighted by atomic mass is 16.5. The van der Waals surface area contributed by atoms with Gasteiger partial charge in [0, 0.05) is 44.0 Å². The molecule has 0 aromatic heterocycles. The third-order valence-corrected chi connectivity index (χ3v) is 4.67. The monoisotopic (exact) mass is 360 g/mol. The molecule has 2 aliphatic rings. The van der Waals surface area contributed by atoms with Crippen molar-refractivity contribution in [3.05, 3.63) is 29.8 Å². The maximum Gasteiger partial charge on any atom is 0.310 e. The average Bonchev–Trinajstić information content (AvgIpc) is 2.93. The van der Waals surface area contributed by atoms with Gasteiger partial charge in [-0.25, -0.2) is 0 Å². The molecule has 0 saturated carbocycles. The Labute approximate surface area is 152 Å². The van der Waals surface area contributed by atoms with E-state index in [0.717, 1.165) is 18.8 Å². The van der Waals surface area contributed by atoms with Gasteiger partial charge < -0.3 is 20.3 Å². The molecule has 140 valence electrons. The fourth-order valence-electron chi connectivity index (χ4n) is 3.28. The van der Waals surface area contributed by atoms with Gasteiger partial charge in [-0.05, 0) is 13.0 Å². The van der Waals surface area contributed by atoms with Crippen LogP contribution in [0.15, 0.2) is 24.3 Å². The normalized spacial score (nSPS) is 20.0. The van der Waals surface area contributed by atoms with Crippen molar-refractivity contribution in [1.29, 1.82) is 0 Å². The number of fused-ring (bicyclic) bond motifs is 1. The van der Waals surface area contributed by atoms with Crippen LogP contribution < -0.4 is 15.5 Å². The van der Waals surface area contributed by atoms with Crippen LogP contribution in [0.25, 0.3) is 0 Å². The first-order chi connectivity index (χ1) is 12.6. The van der Waals surface area contributed by atoms with E-state index in [0.29, 0.717) is 38.4 Å². The third kappa shape index (κ3) is 3.86. The second kappa shape index (κ2) is 8.29. The molecule has 1 aromatic rings. The van der Waals surface area contributed by atoms with Crippen molar-refractivity contribution < 1.29 is 19.1 Å². The van der Waals surface area contributed by atoms with Gasteiger partial charge in [0.05, 0.1) is 13.2 Å². The molecule has 0 spiro atoms. The van der Waals surface area contributed by atoms with E-state index in [-0.39, 0.29) is 5.91 Å². The van der Waals surface area contributed by atoms with Crippen LogP contribution in [0.4, 0.5) is 5.69 Å². The summed E-state index contributed by atoms with van der Waals surface area (Å²) in [6.07, 6.45) is 0. The summed E-state index contributed by atoms with van der Waals surface area (Å²) in [5.74, 6) is -1.74. The van der Waals surface area contributed by atoms with Crippen molar-refractivity contribution in [2.45, 2.75) is 13.0 Å². The predicted molar refractivity (Wildman–Crippen MR) is 95.6 cm³/mol. The lowest BCUT2D eigenvalue weighted by Gasteiger charge is -2.26. The van der Waals surface area contributed by atoms with E-state index in [1.807, 2.05) is 25.1 Å². The minimum atomic E-state index is -0.816. The first-order valence-electron chi connectivity index (χ1n) is 8.91.